The fourth-order valence-electron chi connectivity index (χ4n) is 2.94. The van der Waals surface area contributed by atoms with Crippen LogP contribution in [0.25, 0.3) is 0 Å². The first-order valence-electron chi connectivity index (χ1n) is 7.72. The molecule has 0 bridgehead atoms. The minimum absolute atomic E-state index is 0.0586. The van der Waals surface area contributed by atoms with Gasteiger partial charge in [0.15, 0.2) is 0 Å². The summed E-state index contributed by atoms with van der Waals surface area (Å²) < 4.78 is 5.44. The van der Waals surface area contributed by atoms with Gasteiger partial charge in [0, 0.05) is 37.1 Å². The number of Topliss-reactive ketones (excluding diaryl/α,β-unsaturated/α-hetero) is 1. The number of nitro benzene ring substituents is 1. The molecule has 0 aromatic heterocycles. The van der Waals surface area contributed by atoms with E-state index in [2.05, 4.69) is 0 Å². The van der Waals surface area contributed by atoms with Crippen LogP contribution in [0.15, 0.2) is 24.3 Å². The summed E-state index contributed by atoms with van der Waals surface area (Å²) in [4.78, 5) is 34.2. The zero-order chi connectivity index (χ0) is 17.2. The first-order valence-corrected chi connectivity index (χ1v) is 9.70. The largest absolute Gasteiger partial charge is 0.459 e. The Labute approximate surface area is 147 Å². The monoisotopic (exact) mass is 367 g/mol. The molecule has 24 heavy (non-hydrogen) atoms. The third-order valence-corrected chi connectivity index (χ3v) is 7.37. The molecule has 3 rings (SSSR count). The average molecular weight is 367 g/mol. The molecule has 8 heteroatoms. The number of nitro groups is 1. The van der Waals surface area contributed by atoms with Gasteiger partial charge in [-0.25, -0.2) is 4.79 Å². The van der Waals surface area contributed by atoms with Crippen molar-refractivity contribution in [2.45, 2.75) is 35.9 Å². The van der Waals surface area contributed by atoms with Crippen molar-refractivity contribution in [2.75, 3.05) is 11.5 Å². The summed E-state index contributed by atoms with van der Waals surface area (Å²) >= 11 is 3.60. The van der Waals surface area contributed by atoms with Crippen molar-refractivity contribution in [2.24, 2.45) is 0 Å². The van der Waals surface area contributed by atoms with E-state index in [4.69, 9.17) is 4.74 Å². The van der Waals surface area contributed by atoms with Gasteiger partial charge in [-0.2, -0.15) is 0 Å². The predicted molar refractivity (Wildman–Crippen MR) is 93.4 cm³/mol. The van der Waals surface area contributed by atoms with Gasteiger partial charge >= 0.3 is 5.97 Å². The molecule has 0 amide bonds. The molecule has 128 valence electrons. The van der Waals surface area contributed by atoms with E-state index in [0.717, 1.165) is 17.9 Å². The smallest absolute Gasteiger partial charge is 0.338 e. The molecular weight excluding hydrogens is 350 g/mol. The molecule has 0 saturated carbocycles. The van der Waals surface area contributed by atoms with Gasteiger partial charge < -0.3 is 4.74 Å². The lowest BCUT2D eigenvalue weighted by Crippen LogP contribution is -2.39. The quantitative estimate of drug-likeness (QED) is 0.459. The molecule has 2 aliphatic rings. The zero-order valence-corrected chi connectivity index (χ0v) is 14.6. The van der Waals surface area contributed by atoms with Crippen molar-refractivity contribution in [1.82, 2.24) is 0 Å². The maximum absolute atomic E-state index is 12.3. The van der Waals surface area contributed by atoms with Crippen LogP contribution < -0.4 is 0 Å². The molecule has 0 unspecified atom stereocenters. The number of non-ortho nitro benzene ring substituents is 1. The van der Waals surface area contributed by atoms with E-state index in [1.54, 1.807) is 23.5 Å². The lowest BCUT2D eigenvalue weighted by Gasteiger charge is -2.41. The lowest BCUT2D eigenvalue weighted by atomic mass is 10.0. The van der Waals surface area contributed by atoms with Crippen molar-refractivity contribution in [1.29, 1.82) is 0 Å². The number of rotatable bonds is 3. The van der Waals surface area contributed by atoms with Gasteiger partial charge in [0.2, 0.25) is 0 Å². The number of ketones is 1. The van der Waals surface area contributed by atoms with Crippen molar-refractivity contribution in [3.63, 3.8) is 0 Å². The number of carbonyl (C=O) groups excluding carboxylic acids is 2. The third-order valence-electron chi connectivity index (χ3n) is 4.14. The van der Waals surface area contributed by atoms with Crippen LogP contribution in [0.5, 0.6) is 0 Å². The van der Waals surface area contributed by atoms with E-state index in [1.807, 2.05) is 0 Å². The van der Waals surface area contributed by atoms with E-state index in [0.29, 0.717) is 24.8 Å². The molecule has 0 N–H and O–H groups in total. The van der Waals surface area contributed by atoms with E-state index in [-0.39, 0.29) is 21.7 Å². The fraction of sp³-hybridized carbons (Fsp3) is 0.500. The van der Waals surface area contributed by atoms with Crippen LogP contribution in [-0.4, -0.2) is 38.4 Å². The normalized spacial score (nSPS) is 27.0. The van der Waals surface area contributed by atoms with Crippen molar-refractivity contribution >= 4 is 41.0 Å². The topological polar surface area (TPSA) is 86.5 Å². The van der Waals surface area contributed by atoms with Crippen LogP contribution in [-0.2, 0) is 9.53 Å². The Kier molecular flexibility index (Phi) is 5.15. The number of hydrogen-bond donors (Lipinski definition) is 0. The molecule has 0 radical (unpaired) electrons. The Hall–Kier alpha value is -1.54. The van der Waals surface area contributed by atoms with Gasteiger partial charge in [-0.3, -0.25) is 14.9 Å². The van der Waals surface area contributed by atoms with E-state index in [1.165, 1.54) is 24.3 Å². The van der Waals surface area contributed by atoms with Crippen molar-refractivity contribution < 1.29 is 19.2 Å². The first-order chi connectivity index (χ1) is 11.5. The van der Waals surface area contributed by atoms with E-state index >= 15 is 0 Å². The molecule has 6 nitrogen and oxygen atoms in total. The molecule has 2 heterocycles. The van der Waals surface area contributed by atoms with Crippen LogP contribution in [0.1, 0.15) is 36.0 Å². The molecule has 2 aliphatic heterocycles. The summed E-state index contributed by atoms with van der Waals surface area (Å²) in [5.74, 6) is 1.50. The van der Waals surface area contributed by atoms with Crippen LogP contribution in [0.2, 0.25) is 0 Å². The van der Waals surface area contributed by atoms with Crippen LogP contribution in [0.4, 0.5) is 5.69 Å². The molecule has 1 spiro atoms. The van der Waals surface area contributed by atoms with Gasteiger partial charge in [-0.15, -0.1) is 23.5 Å². The number of benzene rings is 1. The van der Waals surface area contributed by atoms with Crippen LogP contribution in [0.3, 0.4) is 0 Å². The van der Waals surface area contributed by atoms with Crippen molar-refractivity contribution in [3.8, 4) is 0 Å². The maximum atomic E-state index is 12.3. The second-order valence-electron chi connectivity index (χ2n) is 5.90. The van der Waals surface area contributed by atoms with Crippen molar-refractivity contribution in [3.05, 3.63) is 39.9 Å². The van der Waals surface area contributed by atoms with Crippen LogP contribution in [0, 0.1) is 10.1 Å². The van der Waals surface area contributed by atoms with E-state index in [9.17, 15) is 19.7 Å². The van der Waals surface area contributed by atoms with Gasteiger partial charge in [0.1, 0.15) is 11.9 Å². The zero-order valence-electron chi connectivity index (χ0n) is 12.9. The van der Waals surface area contributed by atoms with Gasteiger partial charge in [-0.1, -0.05) is 0 Å². The average Bonchev–Trinajstić information content (AvgIpc) is 2.54. The summed E-state index contributed by atoms with van der Waals surface area (Å²) in [7, 11) is 0. The van der Waals surface area contributed by atoms with Gasteiger partial charge in [-0.05, 0) is 24.3 Å². The highest BCUT2D eigenvalue weighted by atomic mass is 32.2. The van der Waals surface area contributed by atoms with Gasteiger partial charge in [0.25, 0.3) is 5.69 Å². The Balaban J connectivity index is 1.63. The molecule has 1 aromatic rings. The molecule has 0 aliphatic carbocycles. The summed E-state index contributed by atoms with van der Waals surface area (Å²) in [6.45, 7) is 0. The Bertz CT molecular complexity index is 659. The highest BCUT2D eigenvalue weighted by Gasteiger charge is 2.42. The molecular formula is C16H17NO5S2. The molecule has 1 aromatic carbocycles. The fourth-order valence-corrected chi connectivity index (χ4v) is 6.36. The minimum Gasteiger partial charge on any atom is -0.459 e. The summed E-state index contributed by atoms with van der Waals surface area (Å²) in [6, 6.07) is 5.41. The Morgan fingerprint density at radius 2 is 1.96 bits per heavy atom. The number of ether oxygens (including phenoxy) is 1. The third kappa shape index (κ3) is 3.92. The lowest BCUT2D eigenvalue weighted by molar-refractivity contribution is -0.384. The number of carbonyl (C=O) groups is 2. The molecule has 2 fully saturated rings. The Morgan fingerprint density at radius 3 is 2.62 bits per heavy atom. The number of nitrogens with zero attached hydrogens (tertiary/aromatic N) is 1. The number of esters is 1. The first kappa shape index (κ1) is 17.3. The van der Waals surface area contributed by atoms with Gasteiger partial charge in [0.05, 0.1) is 14.6 Å². The SMILES string of the molecule is O=C1CCS[C@@]2(C1)C[C@H](OC(=O)c1ccc([N+](=O)[O-])cc1)CCS2. The number of hydrogen-bond acceptors (Lipinski definition) is 7. The second-order valence-corrected chi connectivity index (χ2v) is 9.11. The predicted octanol–water partition coefficient (Wildman–Crippen LogP) is 3.44. The molecule has 2 atom stereocenters. The van der Waals surface area contributed by atoms with Crippen LogP contribution >= 0.6 is 23.5 Å². The summed E-state index contributed by atoms with van der Waals surface area (Å²) in [5, 5.41) is 10.7. The molecule has 2 saturated heterocycles. The number of thioether (sulfide) groups is 2. The second kappa shape index (κ2) is 7.14. The maximum Gasteiger partial charge on any atom is 0.338 e. The highest BCUT2D eigenvalue weighted by Crippen LogP contribution is 2.51. The Morgan fingerprint density at radius 1 is 1.25 bits per heavy atom. The summed E-state index contributed by atoms with van der Waals surface area (Å²) in [6.07, 6.45) is 2.38. The minimum atomic E-state index is -0.505. The van der Waals surface area contributed by atoms with E-state index < -0.39 is 10.9 Å². The standard InChI is InChI=1S/C16H17NO5S2/c18-13-5-7-23-16(9-13)10-14(6-8-24-16)22-15(19)11-1-3-12(4-2-11)17(20)21/h1-4,14H,5-10H2/t14-,16-/m1/s1. The highest BCUT2D eigenvalue weighted by molar-refractivity contribution is 8.18. The summed E-state index contributed by atoms with van der Waals surface area (Å²) in [5.41, 5.74) is 0.247.